The molecule has 2 heterocycles. The Kier molecular flexibility index (Phi) is 4.81. The lowest BCUT2D eigenvalue weighted by molar-refractivity contribution is -0.129. The summed E-state index contributed by atoms with van der Waals surface area (Å²) in [5.41, 5.74) is 2.76. The maximum Gasteiger partial charge on any atom is 0.233 e. The fourth-order valence-electron chi connectivity index (χ4n) is 3.13. The molecule has 27 heavy (non-hydrogen) atoms. The van der Waals surface area contributed by atoms with E-state index >= 15 is 0 Å². The van der Waals surface area contributed by atoms with Gasteiger partial charge in [-0.1, -0.05) is 48.2 Å². The molecule has 2 N–H and O–H groups in total. The molecular weight excluding hydrogens is 365 g/mol. The Balaban J connectivity index is 1.43. The number of nitrogens with zero attached hydrogens (tertiary/aromatic N) is 4. The number of hydrogen-bond donors (Lipinski definition) is 1. The van der Waals surface area contributed by atoms with Crippen molar-refractivity contribution < 1.29 is 9.18 Å². The number of hydrogen-bond acceptors (Lipinski definition) is 5. The van der Waals surface area contributed by atoms with E-state index in [9.17, 15) is 9.18 Å². The van der Waals surface area contributed by atoms with Crippen LogP contribution >= 0.6 is 11.8 Å². The van der Waals surface area contributed by atoms with Crippen LogP contribution in [0.5, 0.6) is 0 Å². The van der Waals surface area contributed by atoms with E-state index in [1.165, 1.54) is 33.6 Å². The molecule has 138 valence electrons. The van der Waals surface area contributed by atoms with E-state index in [0.717, 1.165) is 6.42 Å². The van der Waals surface area contributed by atoms with Crippen LogP contribution in [0.2, 0.25) is 0 Å². The Morgan fingerprint density at radius 2 is 1.85 bits per heavy atom. The lowest BCUT2D eigenvalue weighted by Gasteiger charge is -2.28. The van der Waals surface area contributed by atoms with Crippen molar-refractivity contribution in [1.29, 1.82) is 0 Å². The van der Waals surface area contributed by atoms with Gasteiger partial charge in [-0.05, 0) is 29.7 Å². The predicted molar refractivity (Wildman–Crippen MR) is 102 cm³/mol. The number of nitrogen functional groups attached to an aromatic ring is 1. The highest BCUT2D eigenvalue weighted by atomic mass is 32.2. The highest BCUT2D eigenvalue weighted by Crippen LogP contribution is 2.25. The molecule has 0 atom stereocenters. The van der Waals surface area contributed by atoms with Gasteiger partial charge < -0.3 is 10.7 Å². The highest BCUT2D eigenvalue weighted by Gasteiger charge is 2.22. The summed E-state index contributed by atoms with van der Waals surface area (Å²) in [5, 5.41) is 8.34. The quantitative estimate of drug-likeness (QED) is 0.553. The van der Waals surface area contributed by atoms with Crippen LogP contribution in [0.25, 0.3) is 11.4 Å². The summed E-state index contributed by atoms with van der Waals surface area (Å²) in [4.78, 5) is 14.4. The molecular formula is C19H18FN5OS. The Bertz CT molecular complexity index is 990. The molecule has 1 amide bonds. The summed E-state index contributed by atoms with van der Waals surface area (Å²) in [6.07, 6.45) is 0.858. The SMILES string of the molecule is Nn1c(SCC(=O)N2CCc3ccccc3C2)nnc1-c1ccccc1F. The fourth-order valence-corrected chi connectivity index (χ4v) is 3.89. The van der Waals surface area contributed by atoms with Gasteiger partial charge in [0.2, 0.25) is 11.1 Å². The van der Waals surface area contributed by atoms with E-state index in [1.807, 2.05) is 17.0 Å². The van der Waals surface area contributed by atoms with Crippen LogP contribution in [0.1, 0.15) is 11.1 Å². The maximum atomic E-state index is 13.9. The first-order valence-corrected chi connectivity index (χ1v) is 9.55. The average molecular weight is 383 g/mol. The molecule has 0 fully saturated rings. The number of aromatic nitrogens is 3. The number of halogens is 1. The molecule has 0 spiro atoms. The number of amides is 1. The molecule has 0 unspecified atom stereocenters. The normalized spacial score (nSPS) is 13.4. The monoisotopic (exact) mass is 383 g/mol. The van der Waals surface area contributed by atoms with Gasteiger partial charge in [0.15, 0.2) is 5.82 Å². The van der Waals surface area contributed by atoms with E-state index in [0.29, 0.717) is 18.2 Å². The van der Waals surface area contributed by atoms with E-state index in [4.69, 9.17) is 5.84 Å². The van der Waals surface area contributed by atoms with Crippen LogP contribution < -0.4 is 5.84 Å². The van der Waals surface area contributed by atoms with Crippen molar-refractivity contribution in [3.8, 4) is 11.4 Å². The zero-order valence-electron chi connectivity index (χ0n) is 14.5. The number of fused-ring (bicyclic) bond motifs is 1. The molecule has 0 saturated carbocycles. The van der Waals surface area contributed by atoms with Gasteiger partial charge in [0.05, 0.1) is 11.3 Å². The standard InChI is InChI=1S/C19H18FN5OS/c20-16-8-4-3-7-15(16)18-22-23-19(25(18)21)27-12-17(26)24-10-9-13-5-1-2-6-14(13)11-24/h1-8H,9-12,21H2. The Morgan fingerprint density at radius 3 is 2.67 bits per heavy atom. The number of nitrogens with two attached hydrogens (primary N) is 1. The number of carbonyl (C=O) groups excluding carboxylic acids is 1. The van der Waals surface area contributed by atoms with Crippen LogP contribution in [-0.4, -0.2) is 38.0 Å². The third-order valence-electron chi connectivity index (χ3n) is 4.59. The summed E-state index contributed by atoms with van der Waals surface area (Å²) in [6.45, 7) is 1.32. The lowest BCUT2D eigenvalue weighted by Crippen LogP contribution is -2.37. The topological polar surface area (TPSA) is 77.0 Å². The van der Waals surface area contributed by atoms with Crippen molar-refractivity contribution in [2.75, 3.05) is 18.1 Å². The van der Waals surface area contributed by atoms with Crippen LogP contribution in [0.3, 0.4) is 0 Å². The highest BCUT2D eigenvalue weighted by molar-refractivity contribution is 7.99. The summed E-state index contributed by atoms with van der Waals surface area (Å²) < 4.78 is 15.2. The maximum absolute atomic E-state index is 13.9. The molecule has 0 aliphatic carbocycles. The first kappa shape index (κ1) is 17.5. The van der Waals surface area contributed by atoms with Gasteiger partial charge in [0.1, 0.15) is 5.82 Å². The van der Waals surface area contributed by atoms with Gasteiger partial charge in [0.25, 0.3) is 0 Å². The largest absolute Gasteiger partial charge is 0.337 e. The average Bonchev–Trinajstić information content (AvgIpc) is 3.06. The molecule has 1 aliphatic heterocycles. The Labute approximate surface area is 160 Å². The van der Waals surface area contributed by atoms with E-state index in [-0.39, 0.29) is 23.0 Å². The van der Waals surface area contributed by atoms with Gasteiger partial charge in [-0.3, -0.25) is 4.79 Å². The molecule has 6 nitrogen and oxygen atoms in total. The van der Waals surface area contributed by atoms with Crippen molar-refractivity contribution in [2.45, 2.75) is 18.1 Å². The molecule has 8 heteroatoms. The van der Waals surface area contributed by atoms with Gasteiger partial charge in [-0.2, -0.15) is 0 Å². The third-order valence-corrected chi connectivity index (χ3v) is 5.52. The zero-order valence-corrected chi connectivity index (χ0v) is 15.3. The van der Waals surface area contributed by atoms with Crippen LogP contribution in [0, 0.1) is 5.82 Å². The second-order valence-corrected chi connectivity index (χ2v) is 7.22. The summed E-state index contributed by atoms with van der Waals surface area (Å²) in [5.74, 6) is 6.04. The number of thioether (sulfide) groups is 1. The second-order valence-electron chi connectivity index (χ2n) is 6.28. The van der Waals surface area contributed by atoms with Gasteiger partial charge in [-0.15, -0.1) is 10.2 Å². The van der Waals surface area contributed by atoms with Crippen LogP contribution in [0.15, 0.2) is 53.7 Å². The first-order chi connectivity index (χ1) is 13.1. The molecule has 0 bridgehead atoms. The zero-order chi connectivity index (χ0) is 18.8. The minimum atomic E-state index is -0.420. The number of benzene rings is 2. The smallest absolute Gasteiger partial charge is 0.233 e. The van der Waals surface area contributed by atoms with E-state index < -0.39 is 5.82 Å². The molecule has 2 aromatic carbocycles. The Hall–Kier alpha value is -2.87. The molecule has 3 aromatic rings. The van der Waals surface area contributed by atoms with Crippen molar-refractivity contribution in [1.82, 2.24) is 19.8 Å². The van der Waals surface area contributed by atoms with Gasteiger partial charge >= 0.3 is 0 Å². The van der Waals surface area contributed by atoms with Crippen LogP contribution in [-0.2, 0) is 17.8 Å². The summed E-state index contributed by atoms with van der Waals surface area (Å²) >= 11 is 1.20. The van der Waals surface area contributed by atoms with E-state index in [2.05, 4.69) is 22.3 Å². The molecule has 4 rings (SSSR count). The fraction of sp³-hybridized carbons (Fsp3) is 0.211. The lowest BCUT2D eigenvalue weighted by atomic mass is 10.00. The summed E-state index contributed by atoms with van der Waals surface area (Å²) in [6, 6.07) is 14.4. The minimum Gasteiger partial charge on any atom is -0.337 e. The number of rotatable bonds is 4. The molecule has 1 aromatic heterocycles. The first-order valence-electron chi connectivity index (χ1n) is 8.56. The number of carbonyl (C=O) groups is 1. The second kappa shape index (κ2) is 7.40. The summed E-state index contributed by atoms with van der Waals surface area (Å²) in [7, 11) is 0. The Morgan fingerprint density at radius 1 is 1.11 bits per heavy atom. The molecule has 0 radical (unpaired) electrons. The van der Waals surface area contributed by atoms with Crippen molar-refractivity contribution >= 4 is 17.7 Å². The predicted octanol–water partition coefficient (Wildman–Crippen LogP) is 2.48. The minimum absolute atomic E-state index is 0.0185. The van der Waals surface area contributed by atoms with Crippen LogP contribution in [0.4, 0.5) is 4.39 Å². The van der Waals surface area contributed by atoms with Crippen molar-refractivity contribution in [3.05, 3.63) is 65.5 Å². The molecule has 1 aliphatic rings. The molecule has 0 saturated heterocycles. The van der Waals surface area contributed by atoms with Gasteiger partial charge in [-0.25, -0.2) is 9.07 Å². The van der Waals surface area contributed by atoms with Crippen molar-refractivity contribution in [2.24, 2.45) is 0 Å². The third kappa shape index (κ3) is 3.52. The van der Waals surface area contributed by atoms with E-state index in [1.54, 1.807) is 18.2 Å². The van der Waals surface area contributed by atoms with Gasteiger partial charge in [0, 0.05) is 13.1 Å². The van der Waals surface area contributed by atoms with Crippen molar-refractivity contribution in [3.63, 3.8) is 0 Å².